The first-order chi connectivity index (χ1) is 11.7. The minimum absolute atomic E-state index is 0.380. The van der Waals surface area contributed by atoms with E-state index in [1.165, 1.54) is 21.7 Å². The third-order valence-corrected chi connectivity index (χ3v) is 5.72. The number of carbonyl (C=O) groups excluding carboxylic acids is 1. The second kappa shape index (κ2) is 6.34. The molecule has 0 saturated carbocycles. The number of thiazole rings is 1. The summed E-state index contributed by atoms with van der Waals surface area (Å²) < 4.78 is 1.25. The normalized spacial score (nSPS) is 18.2. The summed E-state index contributed by atoms with van der Waals surface area (Å²) >= 11 is 1.80. The Morgan fingerprint density at radius 1 is 1.21 bits per heavy atom. The number of carbonyl (C=O) groups is 1. The van der Waals surface area contributed by atoms with E-state index in [0.29, 0.717) is 11.6 Å². The largest absolute Gasteiger partial charge is 0.366 e. The average Bonchev–Trinajstić information content (AvgIpc) is 3.21. The van der Waals surface area contributed by atoms with Crippen molar-refractivity contribution in [3.05, 3.63) is 64.7 Å². The number of fused-ring (bicyclic) bond motifs is 1. The maximum atomic E-state index is 11.2. The van der Waals surface area contributed by atoms with Crippen LogP contribution in [-0.4, -0.2) is 22.3 Å². The van der Waals surface area contributed by atoms with Crippen molar-refractivity contribution in [3.8, 4) is 0 Å². The number of likely N-dealkylation sites (tertiary alicyclic amines) is 1. The fraction of sp³-hybridized carbons (Fsp3) is 0.263. The number of primary amides is 1. The average molecular weight is 337 g/mol. The van der Waals surface area contributed by atoms with Gasteiger partial charge in [0.25, 0.3) is 0 Å². The molecule has 1 fully saturated rings. The number of para-hydroxylation sites is 1. The van der Waals surface area contributed by atoms with Crippen LogP contribution in [0, 0.1) is 0 Å². The Morgan fingerprint density at radius 3 is 2.75 bits per heavy atom. The SMILES string of the molecule is NC(=O)c1ccc(CN2CCC[C@@H]2c2nc3ccccc3s2)cc1. The van der Waals surface area contributed by atoms with Gasteiger partial charge in [-0.15, -0.1) is 11.3 Å². The van der Waals surface area contributed by atoms with Gasteiger partial charge in [0, 0.05) is 12.1 Å². The molecule has 4 nitrogen and oxygen atoms in total. The van der Waals surface area contributed by atoms with E-state index in [4.69, 9.17) is 10.7 Å². The van der Waals surface area contributed by atoms with Crippen molar-refractivity contribution in [2.45, 2.75) is 25.4 Å². The van der Waals surface area contributed by atoms with Crippen LogP contribution >= 0.6 is 11.3 Å². The van der Waals surface area contributed by atoms with Gasteiger partial charge in [0.15, 0.2) is 0 Å². The van der Waals surface area contributed by atoms with Gasteiger partial charge in [0.2, 0.25) is 5.91 Å². The molecule has 3 aromatic rings. The van der Waals surface area contributed by atoms with E-state index in [1.807, 2.05) is 18.2 Å². The number of hydrogen-bond donors (Lipinski definition) is 1. The van der Waals surface area contributed by atoms with Crippen LogP contribution in [0.1, 0.15) is 39.8 Å². The molecule has 1 aromatic heterocycles. The van der Waals surface area contributed by atoms with Crippen LogP contribution in [0.15, 0.2) is 48.5 Å². The quantitative estimate of drug-likeness (QED) is 0.789. The highest BCUT2D eigenvalue weighted by Gasteiger charge is 2.28. The molecule has 1 aliphatic heterocycles. The highest BCUT2D eigenvalue weighted by Crippen LogP contribution is 2.37. The number of nitrogens with two attached hydrogens (primary N) is 1. The lowest BCUT2D eigenvalue weighted by atomic mass is 10.1. The number of aromatic nitrogens is 1. The van der Waals surface area contributed by atoms with Gasteiger partial charge in [-0.1, -0.05) is 24.3 Å². The summed E-state index contributed by atoms with van der Waals surface area (Å²) in [6.45, 7) is 1.96. The topological polar surface area (TPSA) is 59.2 Å². The Bertz CT molecular complexity index is 839. The number of benzene rings is 2. The van der Waals surface area contributed by atoms with Gasteiger partial charge < -0.3 is 5.73 Å². The van der Waals surface area contributed by atoms with E-state index < -0.39 is 0 Å². The maximum Gasteiger partial charge on any atom is 0.248 e. The highest BCUT2D eigenvalue weighted by molar-refractivity contribution is 7.18. The summed E-state index contributed by atoms with van der Waals surface area (Å²) in [5.41, 5.74) is 8.16. The molecule has 0 spiro atoms. The van der Waals surface area contributed by atoms with Crippen LogP contribution in [0.5, 0.6) is 0 Å². The van der Waals surface area contributed by atoms with Crippen LogP contribution in [0.4, 0.5) is 0 Å². The zero-order valence-electron chi connectivity index (χ0n) is 13.3. The number of nitrogens with zero attached hydrogens (tertiary/aromatic N) is 2. The molecule has 0 bridgehead atoms. The lowest BCUT2D eigenvalue weighted by molar-refractivity contribution is 0.100. The molecule has 24 heavy (non-hydrogen) atoms. The summed E-state index contributed by atoms with van der Waals surface area (Å²) in [7, 11) is 0. The van der Waals surface area contributed by atoms with E-state index >= 15 is 0 Å². The molecule has 5 heteroatoms. The van der Waals surface area contributed by atoms with Crippen molar-refractivity contribution in [2.75, 3.05) is 6.54 Å². The van der Waals surface area contributed by atoms with Gasteiger partial charge in [-0.2, -0.15) is 0 Å². The zero-order chi connectivity index (χ0) is 16.5. The van der Waals surface area contributed by atoms with Crippen LogP contribution in [0.3, 0.4) is 0 Å². The first-order valence-electron chi connectivity index (χ1n) is 8.19. The van der Waals surface area contributed by atoms with E-state index in [-0.39, 0.29) is 5.91 Å². The number of hydrogen-bond acceptors (Lipinski definition) is 4. The monoisotopic (exact) mass is 337 g/mol. The second-order valence-corrected chi connectivity index (χ2v) is 7.27. The molecule has 1 saturated heterocycles. The first kappa shape index (κ1) is 15.3. The first-order valence-corrected chi connectivity index (χ1v) is 9.00. The van der Waals surface area contributed by atoms with E-state index in [2.05, 4.69) is 23.1 Å². The van der Waals surface area contributed by atoms with Crippen LogP contribution in [-0.2, 0) is 6.54 Å². The van der Waals surface area contributed by atoms with Gasteiger partial charge in [-0.25, -0.2) is 4.98 Å². The molecule has 1 amide bonds. The Morgan fingerprint density at radius 2 is 2.00 bits per heavy atom. The molecule has 2 heterocycles. The lowest BCUT2D eigenvalue weighted by Gasteiger charge is -2.22. The molecule has 0 unspecified atom stereocenters. The van der Waals surface area contributed by atoms with Gasteiger partial charge in [0.05, 0.1) is 16.3 Å². The zero-order valence-corrected chi connectivity index (χ0v) is 14.1. The molecule has 4 rings (SSSR count). The predicted molar refractivity (Wildman–Crippen MR) is 97.0 cm³/mol. The Balaban J connectivity index is 1.55. The van der Waals surface area contributed by atoms with E-state index in [1.54, 1.807) is 23.5 Å². The Labute approximate surface area is 144 Å². The summed E-state index contributed by atoms with van der Waals surface area (Å²) in [5, 5.41) is 1.21. The molecule has 0 radical (unpaired) electrons. The predicted octanol–water partition coefficient (Wildman–Crippen LogP) is 3.73. The minimum Gasteiger partial charge on any atom is -0.366 e. The summed E-state index contributed by atoms with van der Waals surface area (Å²) in [4.78, 5) is 18.5. The maximum absolute atomic E-state index is 11.2. The Hall–Kier alpha value is -2.24. The smallest absolute Gasteiger partial charge is 0.248 e. The van der Waals surface area contributed by atoms with E-state index in [0.717, 1.165) is 25.0 Å². The molecule has 0 aliphatic carbocycles. The van der Waals surface area contributed by atoms with Crippen molar-refractivity contribution in [1.82, 2.24) is 9.88 Å². The molecule has 1 atom stereocenters. The standard InChI is InChI=1S/C19H19N3OS/c20-18(23)14-9-7-13(8-10-14)12-22-11-3-5-16(22)19-21-15-4-1-2-6-17(15)24-19/h1-2,4,6-10,16H,3,5,11-12H2,(H2,20,23)/t16-/m1/s1. The van der Waals surface area contributed by atoms with Crippen molar-refractivity contribution >= 4 is 27.5 Å². The Kier molecular flexibility index (Phi) is 4.04. The lowest BCUT2D eigenvalue weighted by Crippen LogP contribution is -2.22. The van der Waals surface area contributed by atoms with E-state index in [9.17, 15) is 4.79 Å². The third kappa shape index (κ3) is 2.92. The molecule has 2 N–H and O–H groups in total. The fourth-order valence-electron chi connectivity index (χ4n) is 3.34. The van der Waals surface area contributed by atoms with Gasteiger partial charge in [-0.3, -0.25) is 9.69 Å². The van der Waals surface area contributed by atoms with Crippen molar-refractivity contribution < 1.29 is 4.79 Å². The van der Waals surface area contributed by atoms with Crippen LogP contribution in [0.25, 0.3) is 10.2 Å². The molecule has 2 aromatic carbocycles. The summed E-state index contributed by atoms with van der Waals surface area (Å²) in [5.74, 6) is -0.380. The molecular formula is C19H19N3OS. The van der Waals surface area contributed by atoms with Crippen LogP contribution in [0.2, 0.25) is 0 Å². The highest BCUT2D eigenvalue weighted by atomic mass is 32.1. The number of rotatable bonds is 4. The second-order valence-electron chi connectivity index (χ2n) is 6.21. The van der Waals surface area contributed by atoms with Gasteiger partial charge in [-0.05, 0) is 49.2 Å². The van der Waals surface area contributed by atoms with Crippen LogP contribution < -0.4 is 5.73 Å². The van der Waals surface area contributed by atoms with Crippen molar-refractivity contribution in [1.29, 1.82) is 0 Å². The van der Waals surface area contributed by atoms with Gasteiger partial charge >= 0.3 is 0 Å². The fourth-order valence-corrected chi connectivity index (χ4v) is 4.47. The summed E-state index contributed by atoms with van der Waals surface area (Å²) in [6, 6.07) is 16.3. The van der Waals surface area contributed by atoms with Crippen molar-refractivity contribution in [2.24, 2.45) is 5.73 Å². The summed E-state index contributed by atoms with van der Waals surface area (Å²) in [6.07, 6.45) is 2.35. The number of amides is 1. The van der Waals surface area contributed by atoms with Gasteiger partial charge in [0.1, 0.15) is 5.01 Å². The third-order valence-electron chi connectivity index (χ3n) is 4.58. The molecule has 1 aliphatic rings. The molecular weight excluding hydrogens is 318 g/mol. The van der Waals surface area contributed by atoms with Crippen molar-refractivity contribution in [3.63, 3.8) is 0 Å². The molecule has 122 valence electrons. The minimum atomic E-state index is -0.380.